The summed E-state index contributed by atoms with van der Waals surface area (Å²) in [5, 5.41) is 12.8. The lowest BCUT2D eigenvalue weighted by molar-refractivity contribution is -0.119. The Labute approximate surface area is 131 Å². The Morgan fingerprint density at radius 3 is 3.05 bits per heavy atom. The van der Waals surface area contributed by atoms with Crippen LogP contribution in [0.4, 0.5) is 0 Å². The van der Waals surface area contributed by atoms with E-state index < -0.39 is 5.60 Å². The molecule has 6 heteroatoms. The third-order valence-corrected chi connectivity index (χ3v) is 4.86. The van der Waals surface area contributed by atoms with Gasteiger partial charge in [0.25, 0.3) is 0 Å². The quantitative estimate of drug-likeness (QED) is 0.790. The molecule has 0 aliphatic carbocycles. The molecule has 4 nitrogen and oxygen atoms in total. The average molecular weight is 360 g/mol. The summed E-state index contributed by atoms with van der Waals surface area (Å²) in [7, 11) is 0. The summed E-state index contributed by atoms with van der Waals surface area (Å²) >= 11 is 4.92. The number of thioether (sulfide) groups is 1. The van der Waals surface area contributed by atoms with Crippen LogP contribution in [-0.2, 0) is 9.53 Å². The number of hydrogen-bond donors (Lipinski definition) is 2. The monoisotopic (exact) mass is 359 g/mol. The molecule has 1 heterocycles. The van der Waals surface area contributed by atoms with Gasteiger partial charge in [0.05, 0.1) is 12.4 Å². The number of carbonyl (C=O) groups excluding carboxylic acids is 1. The smallest absolute Gasteiger partial charge is 0.230 e. The fourth-order valence-electron chi connectivity index (χ4n) is 1.97. The molecular weight excluding hydrogens is 342 g/mol. The molecule has 0 bridgehead atoms. The molecule has 0 aromatic heterocycles. The first-order valence-electron chi connectivity index (χ1n) is 6.44. The van der Waals surface area contributed by atoms with E-state index in [0.29, 0.717) is 25.4 Å². The van der Waals surface area contributed by atoms with Crippen molar-refractivity contribution in [3.63, 3.8) is 0 Å². The Hall–Kier alpha value is -0.560. The number of rotatable bonds is 5. The maximum Gasteiger partial charge on any atom is 0.230 e. The second kappa shape index (κ2) is 6.93. The molecule has 2 N–H and O–H groups in total. The molecule has 0 radical (unpaired) electrons. The third kappa shape index (κ3) is 4.48. The Kier molecular flexibility index (Phi) is 5.49. The van der Waals surface area contributed by atoms with Crippen LogP contribution in [0.25, 0.3) is 0 Å². The minimum absolute atomic E-state index is 0.0716. The lowest BCUT2D eigenvalue weighted by Gasteiger charge is -2.20. The molecule has 1 fully saturated rings. The zero-order chi connectivity index (χ0) is 14.6. The topological polar surface area (TPSA) is 58.6 Å². The zero-order valence-electron chi connectivity index (χ0n) is 11.3. The largest absolute Gasteiger partial charge is 0.386 e. The van der Waals surface area contributed by atoms with Gasteiger partial charge in [-0.2, -0.15) is 0 Å². The fourth-order valence-corrected chi connectivity index (χ4v) is 3.28. The maximum atomic E-state index is 11.8. The number of benzene rings is 1. The normalized spacial score (nSPS) is 21.9. The van der Waals surface area contributed by atoms with Crippen LogP contribution in [0.15, 0.2) is 27.6 Å². The van der Waals surface area contributed by atoms with Gasteiger partial charge in [0.1, 0.15) is 5.60 Å². The van der Waals surface area contributed by atoms with Gasteiger partial charge in [-0.3, -0.25) is 4.79 Å². The summed E-state index contributed by atoms with van der Waals surface area (Å²) in [6.45, 7) is 3.13. The highest BCUT2D eigenvalue weighted by Gasteiger charge is 2.32. The Balaban J connectivity index is 1.77. The summed E-state index contributed by atoms with van der Waals surface area (Å²) in [5.74, 6) is 0.275. The molecule has 1 saturated heterocycles. The van der Waals surface area contributed by atoms with Crippen LogP contribution in [0.5, 0.6) is 0 Å². The fraction of sp³-hybridized carbons (Fsp3) is 0.500. The van der Waals surface area contributed by atoms with E-state index in [1.54, 1.807) is 0 Å². The van der Waals surface area contributed by atoms with Crippen molar-refractivity contribution in [1.29, 1.82) is 0 Å². The van der Waals surface area contributed by atoms with E-state index in [-0.39, 0.29) is 12.5 Å². The standard InChI is InChI=1S/C14H18BrNO3S/c1-10-6-11(15)2-3-12(10)20-7-13(17)16-8-14(18)4-5-19-9-14/h2-3,6,18H,4-5,7-9H2,1H3,(H,16,17). The molecule has 110 valence electrons. The number of aryl methyl sites for hydroxylation is 1. The minimum atomic E-state index is -0.895. The maximum absolute atomic E-state index is 11.8. The van der Waals surface area contributed by atoms with Crippen molar-refractivity contribution >= 4 is 33.6 Å². The van der Waals surface area contributed by atoms with Crippen molar-refractivity contribution in [2.24, 2.45) is 0 Å². The Morgan fingerprint density at radius 1 is 1.60 bits per heavy atom. The molecule has 2 rings (SSSR count). The van der Waals surface area contributed by atoms with Crippen molar-refractivity contribution in [2.45, 2.75) is 23.8 Å². The highest BCUT2D eigenvalue weighted by atomic mass is 79.9. The van der Waals surface area contributed by atoms with E-state index in [1.807, 2.05) is 25.1 Å². The minimum Gasteiger partial charge on any atom is -0.386 e. The van der Waals surface area contributed by atoms with Crippen LogP contribution < -0.4 is 5.32 Å². The Morgan fingerprint density at radius 2 is 2.40 bits per heavy atom. The second-order valence-corrected chi connectivity index (χ2v) is 6.94. The van der Waals surface area contributed by atoms with Crippen LogP contribution in [-0.4, -0.2) is 42.1 Å². The first kappa shape index (κ1) is 15.8. The lowest BCUT2D eigenvalue weighted by Crippen LogP contribution is -2.43. The van der Waals surface area contributed by atoms with E-state index in [9.17, 15) is 9.90 Å². The number of carbonyl (C=O) groups is 1. The molecule has 0 saturated carbocycles. The van der Waals surface area contributed by atoms with Crippen molar-refractivity contribution in [1.82, 2.24) is 5.32 Å². The van der Waals surface area contributed by atoms with Crippen molar-refractivity contribution in [3.05, 3.63) is 28.2 Å². The van der Waals surface area contributed by atoms with E-state index in [2.05, 4.69) is 21.2 Å². The second-order valence-electron chi connectivity index (χ2n) is 5.00. The average Bonchev–Trinajstić information content (AvgIpc) is 2.83. The van der Waals surface area contributed by atoms with Gasteiger partial charge in [-0.15, -0.1) is 11.8 Å². The summed E-state index contributed by atoms with van der Waals surface area (Å²) < 4.78 is 6.17. The van der Waals surface area contributed by atoms with Gasteiger partial charge in [-0.05, 0) is 30.7 Å². The molecule has 1 aromatic rings. The molecule has 1 aliphatic heterocycles. The molecular formula is C14H18BrNO3S. The number of aliphatic hydroxyl groups is 1. The van der Waals surface area contributed by atoms with Crippen LogP contribution in [0, 0.1) is 6.92 Å². The van der Waals surface area contributed by atoms with E-state index in [1.165, 1.54) is 11.8 Å². The van der Waals surface area contributed by atoms with E-state index in [0.717, 1.165) is 14.9 Å². The van der Waals surface area contributed by atoms with Crippen molar-refractivity contribution in [2.75, 3.05) is 25.5 Å². The highest BCUT2D eigenvalue weighted by molar-refractivity contribution is 9.10. The summed E-state index contributed by atoms with van der Waals surface area (Å²) in [6, 6.07) is 5.99. The van der Waals surface area contributed by atoms with E-state index in [4.69, 9.17) is 4.74 Å². The predicted molar refractivity (Wildman–Crippen MR) is 83.0 cm³/mol. The molecule has 1 aliphatic rings. The molecule has 0 spiro atoms. The predicted octanol–water partition coefficient (Wildman–Crippen LogP) is 2.12. The number of nitrogens with one attached hydrogen (secondary N) is 1. The molecule has 1 aromatic carbocycles. The molecule has 1 atom stereocenters. The Bertz CT molecular complexity index is 489. The molecule has 1 unspecified atom stereocenters. The van der Waals surface area contributed by atoms with Gasteiger partial charge >= 0.3 is 0 Å². The number of halogens is 1. The summed E-state index contributed by atoms with van der Waals surface area (Å²) in [4.78, 5) is 12.9. The van der Waals surface area contributed by atoms with Crippen LogP contribution in [0.2, 0.25) is 0 Å². The van der Waals surface area contributed by atoms with Crippen molar-refractivity contribution < 1.29 is 14.6 Å². The van der Waals surface area contributed by atoms with Crippen molar-refractivity contribution in [3.8, 4) is 0 Å². The number of ether oxygens (including phenoxy) is 1. The third-order valence-electron chi connectivity index (χ3n) is 3.19. The van der Waals surface area contributed by atoms with Gasteiger partial charge in [-0.1, -0.05) is 15.9 Å². The molecule has 1 amide bonds. The van der Waals surface area contributed by atoms with Crippen LogP contribution >= 0.6 is 27.7 Å². The van der Waals surface area contributed by atoms with Gasteiger partial charge in [0.2, 0.25) is 5.91 Å². The van der Waals surface area contributed by atoms with Crippen LogP contribution in [0.1, 0.15) is 12.0 Å². The van der Waals surface area contributed by atoms with Crippen LogP contribution in [0.3, 0.4) is 0 Å². The summed E-state index contributed by atoms with van der Waals surface area (Å²) in [6.07, 6.45) is 0.576. The summed E-state index contributed by atoms with van der Waals surface area (Å²) in [5.41, 5.74) is 0.244. The number of hydrogen-bond acceptors (Lipinski definition) is 4. The van der Waals surface area contributed by atoms with E-state index >= 15 is 0 Å². The van der Waals surface area contributed by atoms with Gasteiger partial charge < -0.3 is 15.2 Å². The lowest BCUT2D eigenvalue weighted by atomic mass is 10.0. The first-order valence-corrected chi connectivity index (χ1v) is 8.22. The molecule has 20 heavy (non-hydrogen) atoms. The number of amides is 1. The highest BCUT2D eigenvalue weighted by Crippen LogP contribution is 2.25. The SMILES string of the molecule is Cc1cc(Br)ccc1SCC(=O)NCC1(O)CCOC1. The van der Waals surface area contributed by atoms with Gasteiger partial charge in [0.15, 0.2) is 0 Å². The first-order chi connectivity index (χ1) is 9.48. The van der Waals surface area contributed by atoms with Gasteiger partial charge in [0, 0.05) is 28.9 Å². The zero-order valence-corrected chi connectivity index (χ0v) is 13.7. The van der Waals surface area contributed by atoms with Gasteiger partial charge in [-0.25, -0.2) is 0 Å².